The number of anilines is 2. The van der Waals surface area contributed by atoms with Gasteiger partial charge in [0.05, 0.1) is 0 Å². The number of carbonyl (C=O) groups is 1. The highest BCUT2D eigenvalue weighted by atomic mass is 16.1. The van der Waals surface area contributed by atoms with Crippen LogP contribution in [0.4, 0.5) is 11.4 Å². The van der Waals surface area contributed by atoms with Gasteiger partial charge in [-0.3, -0.25) is 4.79 Å². The van der Waals surface area contributed by atoms with E-state index in [0.29, 0.717) is 5.56 Å². The first-order valence-electron chi connectivity index (χ1n) is 6.88. The number of benzene rings is 2. The van der Waals surface area contributed by atoms with E-state index in [2.05, 4.69) is 5.32 Å². The molecule has 0 saturated heterocycles. The number of nitrogens with zero attached hydrogens (tertiary/aromatic N) is 1. The van der Waals surface area contributed by atoms with Crippen LogP contribution in [0.5, 0.6) is 0 Å². The Morgan fingerprint density at radius 2 is 1.71 bits per heavy atom. The van der Waals surface area contributed by atoms with E-state index in [4.69, 9.17) is 0 Å². The highest BCUT2D eigenvalue weighted by Crippen LogP contribution is 2.17. The van der Waals surface area contributed by atoms with E-state index in [1.165, 1.54) is 0 Å². The molecule has 0 aliphatic carbocycles. The Labute approximate surface area is 125 Å². The summed E-state index contributed by atoms with van der Waals surface area (Å²) in [6.45, 7) is 0. The molecule has 108 valence electrons. The lowest BCUT2D eigenvalue weighted by molar-refractivity contribution is 0.104. The van der Waals surface area contributed by atoms with Crippen LogP contribution in [-0.2, 0) is 0 Å². The summed E-state index contributed by atoms with van der Waals surface area (Å²) in [5.74, 6) is -0.00311. The molecule has 0 amide bonds. The summed E-state index contributed by atoms with van der Waals surface area (Å²) in [6.07, 6.45) is 3.45. The monoisotopic (exact) mass is 280 g/mol. The lowest BCUT2D eigenvalue weighted by atomic mass is 10.1. The van der Waals surface area contributed by atoms with Crippen molar-refractivity contribution in [2.24, 2.45) is 0 Å². The van der Waals surface area contributed by atoms with Crippen LogP contribution in [0, 0.1) is 0 Å². The van der Waals surface area contributed by atoms with Gasteiger partial charge in [-0.15, -0.1) is 0 Å². The lowest BCUT2D eigenvalue weighted by Gasteiger charge is -2.11. The molecule has 21 heavy (non-hydrogen) atoms. The molecule has 0 saturated carbocycles. The zero-order valence-corrected chi connectivity index (χ0v) is 12.6. The largest absolute Gasteiger partial charge is 0.388 e. The molecule has 2 rings (SSSR count). The predicted molar refractivity (Wildman–Crippen MR) is 90.1 cm³/mol. The van der Waals surface area contributed by atoms with Gasteiger partial charge in [-0.1, -0.05) is 30.3 Å². The summed E-state index contributed by atoms with van der Waals surface area (Å²) >= 11 is 0. The SMILES string of the molecule is CNc1ccccc1C(=O)/C=C/c1ccc(N(C)C)cc1. The first-order valence-corrected chi connectivity index (χ1v) is 6.88. The van der Waals surface area contributed by atoms with Crippen molar-refractivity contribution < 1.29 is 4.79 Å². The van der Waals surface area contributed by atoms with Gasteiger partial charge in [0.1, 0.15) is 0 Å². The normalized spacial score (nSPS) is 10.6. The van der Waals surface area contributed by atoms with Crippen LogP contribution in [0.3, 0.4) is 0 Å². The van der Waals surface area contributed by atoms with E-state index >= 15 is 0 Å². The molecule has 0 aromatic heterocycles. The fraction of sp³-hybridized carbons (Fsp3) is 0.167. The van der Waals surface area contributed by atoms with Gasteiger partial charge in [-0.05, 0) is 35.9 Å². The molecule has 0 atom stereocenters. The summed E-state index contributed by atoms with van der Waals surface area (Å²) < 4.78 is 0. The van der Waals surface area contributed by atoms with Crippen LogP contribution < -0.4 is 10.2 Å². The fourth-order valence-corrected chi connectivity index (χ4v) is 2.06. The third-order valence-corrected chi connectivity index (χ3v) is 3.30. The molecule has 0 fully saturated rings. The summed E-state index contributed by atoms with van der Waals surface area (Å²) in [7, 11) is 5.82. The van der Waals surface area contributed by atoms with Crippen LogP contribution in [0.25, 0.3) is 6.08 Å². The molecule has 0 aliphatic heterocycles. The van der Waals surface area contributed by atoms with Gasteiger partial charge in [-0.25, -0.2) is 0 Å². The van der Waals surface area contributed by atoms with Gasteiger partial charge in [0.25, 0.3) is 0 Å². The zero-order chi connectivity index (χ0) is 15.2. The molecule has 0 spiro atoms. The standard InChI is InChI=1S/C18H20N2O/c1-19-17-7-5-4-6-16(17)18(21)13-10-14-8-11-15(12-9-14)20(2)3/h4-13,19H,1-3H3/b13-10+. The molecule has 0 aliphatic rings. The molecule has 3 nitrogen and oxygen atoms in total. The van der Waals surface area contributed by atoms with Crippen LogP contribution >= 0.6 is 0 Å². The van der Waals surface area contributed by atoms with Gasteiger partial charge >= 0.3 is 0 Å². The summed E-state index contributed by atoms with van der Waals surface area (Å²) in [5.41, 5.74) is 3.67. The first kappa shape index (κ1) is 14.9. The molecule has 0 unspecified atom stereocenters. The van der Waals surface area contributed by atoms with Crippen molar-refractivity contribution in [2.75, 3.05) is 31.4 Å². The second-order valence-corrected chi connectivity index (χ2v) is 4.98. The van der Waals surface area contributed by atoms with Gasteiger partial charge in [-0.2, -0.15) is 0 Å². The van der Waals surface area contributed by atoms with Crippen molar-refractivity contribution in [3.63, 3.8) is 0 Å². The molecule has 0 radical (unpaired) electrons. The van der Waals surface area contributed by atoms with E-state index in [1.54, 1.807) is 6.08 Å². The third-order valence-electron chi connectivity index (χ3n) is 3.30. The molecule has 2 aromatic rings. The molecule has 1 N–H and O–H groups in total. The maximum absolute atomic E-state index is 12.2. The van der Waals surface area contributed by atoms with E-state index in [9.17, 15) is 4.79 Å². The number of para-hydroxylation sites is 1. The van der Waals surface area contributed by atoms with Crippen LogP contribution in [-0.4, -0.2) is 26.9 Å². The topological polar surface area (TPSA) is 32.3 Å². The number of hydrogen-bond acceptors (Lipinski definition) is 3. The van der Waals surface area contributed by atoms with Crippen molar-refractivity contribution in [2.45, 2.75) is 0 Å². The number of hydrogen-bond donors (Lipinski definition) is 1. The van der Waals surface area contributed by atoms with Crippen LogP contribution in [0.15, 0.2) is 54.6 Å². The maximum atomic E-state index is 12.2. The van der Waals surface area contributed by atoms with Crippen LogP contribution in [0.1, 0.15) is 15.9 Å². The van der Waals surface area contributed by atoms with Crippen molar-refractivity contribution in [1.82, 2.24) is 0 Å². The molecule has 0 heterocycles. The summed E-state index contributed by atoms with van der Waals surface area (Å²) in [6, 6.07) is 15.6. The van der Waals surface area contributed by atoms with Gasteiger partial charge < -0.3 is 10.2 Å². The van der Waals surface area contributed by atoms with Crippen LogP contribution in [0.2, 0.25) is 0 Å². The second kappa shape index (κ2) is 6.75. The summed E-state index contributed by atoms with van der Waals surface area (Å²) in [5, 5.41) is 3.03. The summed E-state index contributed by atoms with van der Waals surface area (Å²) in [4.78, 5) is 14.3. The van der Waals surface area contributed by atoms with E-state index < -0.39 is 0 Å². The lowest BCUT2D eigenvalue weighted by Crippen LogP contribution is -2.07. The zero-order valence-electron chi connectivity index (χ0n) is 12.6. The third kappa shape index (κ3) is 3.72. The van der Waals surface area contributed by atoms with Crippen molar-refractivity contribution in [1.29, 1.82) is 0 Å². The maximum Gasteiger partial charge on any atom is 0.187 e. The van der Waals surface area contributed by atoms with Crippen molar-refractivity contribution >= 4 is 23.2 Å². The Bertz CT molecular complexity index is 643. The Kier molecular flexibility index (Phi) is 4.77. The van der Waals surface area contributed by atoms with E-state index in [0.717, 1.165) is 16.9 Å². The van der Waals surface area contributed by atoms with Crippen molar-refractivity contribution in [3.8, 4) is 0 Å². The Morgan fingerprint density at radius 3 is 2.33 bits per heavy atom. The highest BCUT2D eigenvalue weighted by Gasteiger charge is 2.06. The minimum absolute atomic E-state index is 0.00311. The quantitative estimate of drug-likeness (QED) is 0.669. The molecule has 2 aromatic carbocycles. The van der Waals surface area contributed by atoms with Crippen molar-refractivity contribution in [3.05, 3.63) is 65.7 Å². The molecular weight excluding hydrogens is 260 g/mol. The Morgan fingerprint density at radius 1 is 1.05 bits per heavy atom. The van der Waals surface area contributed by atoms with E-state index in [1.807, 2.05) is 80.6 Å². The fourth-order valence-electron chi connectivity index (χ4n) is 2.06. The second-order valence-electron chi connectivity index (χ2n) is 4.98. The predicted octanol–water partition coefficient (Wildman–Crippen LogP) is 3.69. The molecular formula is C18H20N2O. The number of nitrogens with one attached hydrogen (secondary N) is 1. The number of allylic oxidation sites excluding steroid dienone is 1. The molecule has 3 heteroatoms. The first-order chi connectivity index (χ1) is 10.1. The Balaban J connectivity index is 2.15. The smallest absolute Gasteiger partial charge is 0.187 e. The minimum Gasteiger partial charge on any atom is -0.388 e. The van der Waals surface area contributed by atoms with Gasteiger partial charge in [0.15, 0.2) is 5.78 Å². The van der Waals surface area contributed by atoms with E-state index in [-0.39, 0.29) is 5.78 Å². The Hall–Kier alpha value is -2.55. The number of ketones is 1. The van der Waals surface area contributed by atoms with Gasteiger partial charge in [0.2, 0.25) is 0 Å². The average molecular weight is 280 g/mol. The van der Waals surface area contributed by atoms with Gasteiger partial charge in [0, 0.05) is 38.1 Å². The average Bonchev–Trinajstić information content (AvgIpc) is 2.52. The highest BCUT2D eigenvalue weighted by molar-refractivity contribution is 6.10. The number of carbonyl (C=O) groups excluding carboxylic acids is 1. The number of rotatable bonds is 5. The minimum atomic E-state index is -0.00311. The molecule has 0 bridgehead atoms.